The van der Waals surface area contributed by atoms with Crippen LogP contribution in [0.25, 0.3) is 0 Å². The predicted molar refractivity (Wildman–Crippen MR) is 95.6 cm³/mol. The van der Waals surface area contributed by atoms with Gasteiger partial charge in [0.1, 0.15) is 0 Å². The molecule has 2 aliphatic rings. The molecule has 1 amide bonds. The molecule has 3 nitrogen and oxygen atoms in total. The lowest BCUT2D eigenvalue weighted by Gasteiger charge is -2.46. The van der Waals surface area contributed by atoms with E-state index >= 15 is 0 Å². The van der Waals surface area contributed by atoms with Crippen LogP contribution in [0.15, 0.2) is 28.7 Å². The number of carbonyl (C=O) groups is 1. The predicted octanol–water partition coefficient (Wildman–Crippen LogP) is 3.50. The van der Waals surface area contributed by atoms with Crippen LogP contribution in [0.1, 0.15) is 37.7 Å². The van der Waals surface area contributed by atoms with Crippen LogP contribution in [0.2, 0.25) is 0 Å². The zero-order chi connectivity index (χ0) is 14.9. The summed E-state index contributed by atoms with van der Waals surface area (Å²) in [5.74, 6) is 0.344. The van der Waals surface area contributed by atoms with Gasteiger partial charge >= 0.3 is 0 Å². The number of nitrogens with one attached hydrogen (secondary N) is 1. The maximum atomic E-state index is 13.1. The monoisotopic (exact) mass is 386 g/mol. The number of hydrogen-bond donors (Lipinski definition) is 1. The maximum Gasteiger partial charge on any atom is 0.233 e. The van der Waals surface area contributed by atoms with Crippen LogP contribution in [-0.2, 0) is 10.2 Å². The van der Waals surface area contributed by atoms with Gasteiger partial charge in [-0.3, -0.25) is 4.79 Å². The van der Waals surface area contributed by atoms with Crippen LogP contribution in [0.3, 0.4) is 0 Å². The fourth-order valence-electron chi connectivity index (χ4n) is 3.63. The lowest BCUT2D eigenvalue weighted by Crippen LogP contribution is -2.55. The zero-order valence-electron chi connectivity index (χ0n) is 13.0. The van der Waals surface area contributed by atoms with E-state index in [9.17, 15) is 4.79 Å². The Balaban J connectivity index is 0.00000176. The summed E-state index contributed by atoms with van der Waals surface area (Å²) in [6.07, 6.45) is 5.42. The molecular weight excluding hydrogens is 364 g/mol. The second kappa shape index (κ2) is 7.33. The molecule has 0 aromatic heterocycles. The van der Waals surface area contributed by atoms with Gasteiger partial charge < -0.3 is 10.2 Å². The lowest BCUT2D eigenvalue weighted by atomic mass is 9.63. The van der Waals surface area contributed by atoms with E-state index < -0.39 is 0 Å². The van der Waals surface area contributed by atoms with Gasteiger partial charge in [0, 0.05) is 23.6 Å². The van der Waals surface area contributed by atoms with Gasteiger partial charge in [0.2, 0.25) is 5.91 Å². The van der Waals surface area contributed by atoms with Gasteiger partial charge in [-0.05, 0) is 50.4 Å². The van der Waals surface area contributed by atoms with E-state index in [2.05, 4.69) is 50.4 Å². The highest BCUT2D eigenvalue weighted by molar-refractivity contribution is 9.10. The first-order valence-electron chi connectivity index (χ1n) is 7.88. The zero-order valence-corrected chi connectivity index (χ0v) is 15.4. The molecule has 0 bridgehead atoms. The standard InChI is InChI=1S/C17H23BrN2O.ClH/c1-19-15-4-2-11-20(12-15)16(21)17(9-3-10-17)13-5-7-14(18)8-6-13;/h5-8,15,19H,2-4,9-12H2,1H3;1H. The summed E-state index contributed by atoms with van der Waals surface area (Å²) in [5.41, 5.74) is 0.935. The van der Waals surface area contributed by atoms with Crippen molar-refractivity contribution in [2.24, 2.45) is 0 Å². The van der Waals surface area contributed by atoms with Crippen molar-refractivity contribution < 1.29 is 4.79 Å². The number of hydrogen-bond acceptors (Lipinski definition) is 2. The van der Waals surface area contributed by atoms with Crippen LogP contribution in [0.4, 0.5) is 0 Å². The molecule has 3 rings (SSSR count). The van der Waals surface area contributed by atoms with Crippen LogP contribution in [0, 0.1) is 0 Å². The molecule has 1 atom stereocenters. The minimum Gasteiger partial charge on any atom is -0.340 e. The summed E-state index contributed by atoms with van der Waals surface area (Å²) in [5, 5.41) is 3.32. The second-order valence-corrected chi connectivity index (χ2v) is 7.24. The Labute approximate surface area is 147 Å². The summed E-state index contributed by atoms with van der Waals surface area (Å²) in [7, 11) is 1.99. The summed E-state index contributed by atoms with van der Waals surface area (Å²) in [6.45, 7) is 1.77. The van der Waals surface area contributed by atoms with E-state index in [-0.39, 0.29) is 17.8 Å². The first kappa shape index (κ1) is 17.8. The average Bonchev–Trinajstić information content (AvgIpc) is 2.48. The number of benzene rings is 1. The van der Waals surface area contributed by atoms with Crippen LogP contribution in [0.5, 0.6) is 0 Å². The third-order valence-electron chi connectivity index (χ3n) is 5.13. The number of likely N-dealkylation sites (N-methyl/N-ethyl adjacent to an activating group) is 1. The molecule has 1 aromatic rings. The van der Waals surface area contributed by atoms with Crippen molar-refractivity contribution in [2.75, 3.05) is 20.1 Å². The Morgan fingerprint density at radius 2 is 1.95 bits per heavy atom. The number of piperidine rings is 1. The minimum absolute atomic E-state index is 0. The summed E-state index contributed by atoms with van der Waals surface area (Å²) in [6, 6.07) is 8.77. The molecule has 0 radical (unpaired) electrons. The van der Waals surface area contributed by atoms with E-state index in [0.717, 1.165) is 43.2 Å². The Hall–Kier alpha value is -0.580. The van der Waals surface area contributed by atoms with E-state index in [1.807, 2.05) is 7.05 Å². The molecule has 1 saturated carbocycles. The summed E-state index contributed by atoms with van der Waals surface area (Å²) < 4.78 is 1.07. The molecule has 5 heteroatoms. The molecule has 1 aliphatic carbocycles. The van der Waals surface area contributed by atoms with Crippen molar-refractivity contribution in [3.8, 4) is 0 Å². The number of rotatable bonds is 3. The van der Waals surface area contributed by atoms with E-state index in [1.54, 1.807) is 0 Å². The molecule has 1 unspecified atom stereocenters. The fourth-order valence-corrected chi connectivity index (χ4v) is 3.89. The first-order valence-corrected chi connectivity index (χ1v) is 8.68. The van der Waals surface area contributed by atoms with E-state index in [1.165, 1.54) is 12.0 Å². The fraction of sp³-hybridized carbons (Fsp3) is 0.588. The molecule has 1 saturated heterocycles. The number of likely N-dealkylation sites (tertiary alicyclic amines) is 1. The van der Waals surface area contributed by atoms with Gasteiger partial charge in [0.05, 0.1) is 5.41 Å². The van der Waals surface area contributed by atoms with Gasteiger partial charge in [0.25, 0.3) is 0 Å². The number of amides is 1. The molecule has 1 aliphatic heterocycles. The number of halogens is 2. The first-order chi connectivity index (χ1) is 10.2. The molecule has 1 N–H and O–H groups in total. The molecule has 2 fully saturated rings. The van der Waals surface area contributed by atoms with Gasteiger partial charge in [-0.25, -0.2) is 0 Å². The van der Waals surface area contributed by atoms with Crippen molar-refractivity contribution >= 4 is 34.2 Å². The van der Waals surface area contributed by atoms with Crippen LogP contribution in [-0.4, -0.2) is 37.0 Å². The molecular formula is C17H24BrClN2O. The van der Waals surface area contributed by atoms with Crippen molar-refractivity contribution in [1.82, 2.24) is 10.2 Å². The van der Waals surface area contributed by atoms with Crippen molar-refractivity contribution in [3.05, 3.63) is 34.3 Å². The van der Waals surface area contributed by atoms with E-state index in [4.69, 9.17) is 0 Å². The molecule has 1 aromatic carbocycles. The van der Waals surface area contributed by atoms with Gasteiger partial charge in [-0.1, -0.05) is 34.5 Å². The highest BCUT2D eigenvalue weighted by Crippen LogP contribution is 2.45. The quantitative estimate of drug-likeness (QED) is 0.861. The summed E-state index contributed by atoms with van der Waals surface area (Å²) in [4.78, 5) is 15.2. The Kier molecular flexibility index (Phi) is 5.92. The van der Waals surface area contributed by atoms with Crippen molar-refractivity contribution in [1.29, 1.82) is 0 Å². The number of carbonyl (C=O) groups excluding carboxylic acids is 1. The highest BCUT2D eigenvalue weighted by Gasteiger charge is 2.48. The van der Waals surface area contributed by atoms with E-state index in [0.29, 0.717) is 11.9 Å². The maximum absolute atomic E-state index is 13.1. The van der Waals surface area contributed by atoms with Gasteiger partial charge in [-0.15, -0.1) is 12.4 Å². The van der Waals surface area contributed by atoms with Crippen molar-refractivity contribution in [3.63, 3.8) is 0 Å². The van der Waals surface area contributed by atoms with Crippen LogP contribution < -0.4 is 5.32 Å². The molecule has 22 heavy (non-hydrogen) atoms. The Morgan fingerprint density at radius 3 is 2.50 bits per heavy atom. The highest BCUT2D eigenvalue weighted by atomic mass is 79.9. The Morgan fingerprint density at radius 1 is 1.27 bits per heavy atom. The largest absolute Gasteiger partial charge is 0.340 e. The SMILES string of the molecule is CNC1CCCN(C(=O)C2(c3ccc(Br)cc3)CCC2)C1.Cl. The lowest BCUT2D eigenvalue weighted by molar-refractivity contribution is -0.142. The minimum atomic E-state index is -0.254. The number of nitrogens with zero attached hydrogens (tertiary/aromatic N) is 1. The third-order valence-corrected chi connectivity index (χ3v) is 5.66. The molecule has 0 spiro atoms. The summed E-state index contributed by atoms with van der Waals surface area (Å²) >= 11 is 3.48. The smallest absolute Gasteiger partial charge is 0.233 e. The van der Waals surface area contributed by atoms with Gasteiger partial charge in [-0.2, -0.15) is 0 Å². The molecule has 1 heterocycles. The average molecular weight is 388 g/mol. The Bertz CT molecular complexity index is 516. The molecule has 122 valence electrons. The topological polar surface area (TPSA) is 32.3 Å². The van der Waals surface area contributed by atoms with Crippen LogP contribution >= 0.6 is 28.3 Å². The third kappa shape index (κ3) is 3.19. The normalized spacial score (nSPS) is 23.4. The van der Waals surface area contributed by atoms with Crippen molar-refractivity contribution in [2.45, 2.75) is 43.6 Å². The second-order valence-electron chi connectivity index (χ2n) is 6.32. The van der Waals surface area contributed by atoms with Gasteiger partial charge in [0.15, 0.2) is 0 Å².